The van der Waals surface area contributed by atoms with E-state index in [1.807, 2.05) is 0 Å². The number of rotatable bonds is 1. The van der Waals surface area contributed by atoms with E-state index in [0.29, 0.717) is 17.6 Å². The summed E-state index contributed by atoms with van der Waals surface area (Å²) in [4.78, 5) is 0. The van der Waals surface area contributed by atoms with Crippen LogP contribution in [0.5, 0.6) is 0 Å². The monoisotopic (exact) mass is 220 g/mol. The molecule has 2 atom stereocenters. The zero-order valence-electron chi connectivity index (χ0n) is 7.56. The van der Waals surface area contributed by atoms with E-state index in [1.54, 1.807) is 0 Å². The van der Waals surface area contributed by atoms with Gasteiger partial charge in [0, 0.05) is 5.33 Å². The van der Waals surface area contributed by atoms with Gasteiger partial charge < -0.3 is 4.74 Å². The number of ether oxygens (including phenoxy) is 1. The highest BCUT2D eigenvalue weighted by molar-refractivity contribution is 9.09. The first-order chi connectivity index (χ1) is 5.04. The zero-order valence-corrected chi connectivity index (χ0v) is 9.15. The second-order valence-corrected chi connectivity index (χ2v) is 4.99. The van der Waals surface area contributed by atoms with Gasteiger partial charge in [-0.1, -0.05) is 36.7 Å². The van der Waals surface area contributed by atoms with E-state index in [1.165, 1.54) is 12.8 Å². The zero-order chi connectivity index (χ0) is 8.48. The lowest BCUT2D eigenvalue weighted by Crippen LogP contribution is -2.26. The molecule has 0 bridgehead atoms. The largest absolute Gasteiger partial charge is 0.374 e. The minimum absolute atomic E-state index is 0.316. The van der Waals surface area contributed by atoms with Gasteiger partial charge >= 0.3 is 0 Å². The summed E-state index contributed by atoms with van der Waals surface area (Å²) >= 11 is 3.45. The summed E-state index contributed by atoms with van der Waals surface area (Å²) in [6.07, 6.45) is 3.36. The van der Waals surface area contributed by atoms with Gasteiger partial charge in [0.2, 0.25) is 0 Å². The van der Waals surface area contributed by atoms with Crippen LogP contribution in [0.15, 0.2) is 0 Å². The van der Waals surface area contributed by atoms with Crippen LogP contribution >= 0.6 is 15.9 Å². The van der Waals surface area contributed by atoms with Crippen molar-refractivity contribution < 1.29 is 4.74 Å². The second-order valence-electron chi connectivity index (χ2n) is 4.34. The first-order valence-corrected chi connectivity index (χ1v) is 5.37. The Hall–Kier alpha value is 0.440. The molecule has 2 heteroatoms. The van der Waals surface area contributed by atoms with Crippen molar-refractivity contribution in [3.05, 3.63) is 0 Å². The molecule has 1 rings (SSSR count). The molecular formula is C9H17BrO. The Morgan fingerprint density at radius 3 is 2.27 bits per heavy atom. The molecule has 0 amide bonds. The number of hydrogen-bond acceptors (Lipinski definition) is 1. The maximum atomic E-state index is 5.83. The van der Waals surface area contributed by atoms with Crippen LogP contribution in [0.2, 0.25) is 0 Å². The molecule has 0 aromatic carbocycles. The molecule has 0 spiro atoms. The van der Waals surface area contributed by atoms with E-state index in [4.69, 9.17) is 4.74 Å². The van der Waals surface area contributed by atoms with Crippen LogP contribution in [0.3, 0.4) is 0 Å². The van der Waals surface area contributed by atoms with E-state index >= 15 is 0 Å². The standard InChI is InChI=1S/C9H17BrO/c1-9(2,3)8-5-4-7(6-10)11-8/h7-8H,4-6H2,1-3H3/t7-,8-/m1/s1. The highest BCUT2D eigenvalue weighted by Gasteiger charge is 2.33. The minimum Gasteiger partial charge on any atom is -0.374 e. The fourth-order valence-corrected chi connectivity index (χ4v) is 1.93. The molecule has 0 unspecified atom stereocenters. The van der Waals surface area contributed by atoms with E-state index < -0.39 is 0 Å². The summed E-state index contributed by atoms with van der Waals surface area (Å²) in [6.45, 7) is 6.73. The third-order valence-electron chi connectivity index (χ3n) is 2.25. The van der Waals surface area contributed by atoms with Crippen molar-refractivity contribution in [1.82, 2.24) is 0 Å². The lowest BCUT2D eigenvalue weighted by molar-refractivity contribution is -0.00590. The van der Waals surface area contributed by atoms with Crippen LogP contribution in [-0.2, 0) is 4.74 Å². The Bertz CT molecular complexity index is 128. The summed E-state index contributed by atoms with van der Waals surface area (Å²) in [5.74, 6) is 0. The van der Waals surface area contributed by atoms with E-state index in [-0.39, 0.29) is 0 Å². The Morgan fingerprint density at radius 1 is 1.36 bits per heavy atom. The van der Waals surface area contributed by atoms with Gasteiger partial charge in [0.15, 0.2) is 0 Å². The summed E-state index contributed by atoms with van der Waals surface area (Å²) in [5, 5.41) is 0.986. The van der Waals surface area contributed by atoms with Gasteiger partial charge in [-0.15, -0.1) is 0 Å². The van der Waals surface area contributed by atoms with Crippen molar-refractivity contribution in [3.8, 4) is 0 Å². The molecule has 0 N–H and O–H groups in total. The average Bonchev–Trinajstić information content (AvgIpc) is 2.32. The van der Waals surface area contributed by atoms with Crippen LogP contribution in [0.25, 0.3) is 0 Å². The highest BCUT2D eigenvalue weighted by atomic mass is 79.9. The van der Waals surface area contributed by atoms with Gasteiger partial charge in [-0.25, -0.2) is 0 Å². The lowest BCUT2D eigenvalue weighted by atomic mass is 9.87. The molecule has 0 aliphatic carbocycles. The molecule has 1 aliphatic rings. The van der Waals surface area contributed by atoms with E-state index in [0.717, 1.165) is 5.33 Å². The maximum absolute atomic E-state index is 5.83. The summed E-state index contributed by atoms with van der Waals surface area (Å²) < 4.78 is 5.83. The Labute approximate surface area is 77.6 Å². The van der Waals surface area contributed by atoms with E-state index in [2.05, 4.69) is 36.7 Å². The summed E-state index contributed by atoms with van der Waals surface area (Å²) in [5.41, 5.74) is 0.316. The molecule has 1 saturated heterocycles. The second kappa shape index (κ2) is 3.44. The SMILES string of the molecule is CC(C)(C)[C@H]1CC[C@H](CBr)O1. The third-order valence-corrected chi connectivity index (χ3v) is 2.97. The summed E-state index contributed by atoms with van der Waals surface area (Å²) in [7, 11) is 0. The fraction of sp³-hybridized carbons (Fsp3) is 1.00. The average molecular weight is 221 g/mol. The topological polar surface area (TPSA) is 9.23 Å². The van der Waals surface area contributed by atoms with Crippen molar-refractivity contribution in [1.29, 1.82) is 0 Å². The Balaban J connectivity index is 2.42. The Kier molecular flexibility index (Phi) is 2.98. The lowest BCUT2D eigenvalue weighted by Gasteiger charge is -2.26. The molecule has 1 fully saturated rings. The van der Waals surface area contributed by atoms with Crippen LogP contribution < -0.4 is 0 Å². The van der Waals surface area contributed by atoms with Crippen molar-refractivity contribution in [2.75, 3.05) is 5.33 Å². The van der Waals surface area contributed by atoms with Crippen LogP contribution in [0.4, 0.5) is 0 Å². The van der Waals surface area contributed by atoms with Crippen molar-refractivity contribution in [3.63, 3.8) is 0 Å². The molecule has 0 radical (unpaired) electrons. The van der Waals surface area contributed by atoms with Gasteiger partial charge in [-0.2, -0.15) is 0 Å². The van der Waals surface area contributed by atoms with Crippen molar-refractivity contribution >= 4 is 15.9 Å². The molecule has 11 heavy (non-hydrogen) atoms. The molecule has 1 heterocycles. The predicted molar refractivity (Wildman–Crippen MR) is 51.1 cm³/mol. The molecule has 0 aromatic heterocycles. The maximum Gasteiger partial charge on any atom is 0.0676 e. The van der Waals surface area contributed by atoms with Gasteiger partial charge in [0.25, 0.3) is 0 Å². The quantitative estimate of drug-likeness (QED) is 0.618. The first-order valence-electron chi connectivity index (χ1n) is 4.25. The van der Waals surface area contributed by atoms with Gasteiger partial charge in [0.05, 0.1) is 12.2 Å². The van der Waals surface area contributed by atoms with Gasteiger partial charge in [-0.05, 0) is 18.3 Å². The normalized spacial score (nSPS) is 32.7. The van der Waals surface area contributed by atoms with Crippen molar-refractivity contribution in [2.24, 2.45) is 5.41 Å². The van der Waals surface area contributed by atoms with Crippen LogP contribution in [0, 0.1) is 5.41 Å². The van der Waals surface area contributed by atoms with Crippen molar-refractivity contribution in [2.45, 2.75) is 45.8 Å². The molecule has 66 valence electrons. The summed E-state index contributed by atoms with van der Waals surface area (Å²) in [6, 6.07) is 0. The Morgan fingerprint density at radius 2 is 2.00 bits per heavy atom. The van der Waals surface area contributed by atoms with Crippen LogP contribution in [0.1, 0.15) is 33.6 Å². The highest BCUT2D eigenvalue weighted by Crippen LogP contribution is 2.33. The van der Waals surface area contributed by atoms with Gasteiger partial charge in [-0.3, -0.25) is 0 Å². The van der Waals surface area contributed by atoms with Crippen LogP contribution in [-0.4, -0.2) is 17.5 Å². The number of halogens is 1. The van der Waals surface area contributed by atoms with Gasteiger partial charge in [0.1, 0.15) is 0 Å². The first kappa shape index (κ1) is 9.53. The smallest absolute Gasteiger partial charge is 0.0676 e. The molecule has 0 saturated carbocycles. The molecular weight excluding hydrogens is 204 g/mol. The predicted octanol–water partition coefficient (Wildman–Crippen LogP) is 2.98. The molecule has 0 aromatic rings. The third kappa shape index (κ3) is 2.45. The fourth-order valence-electron chi connectivity index (χ4n) is 1.46. The molecule has 1 nitrogen and oxygen atoms in total. The van der Waals surface area contributed by atoms with E-state index in [9.17, 15) is 0 Å². The number of hydrogen-bond donors (Lipinski definition) is 0. The number of alkyl halides is 1. The minimum atomic E-state index is 0.316. The molecule has 1 aliphatic heterocycles.